The number of hydrogen-bond donors (Lipinski definition) is 1. The van der Waals surface area contributed by atoms with Crippen LogP contribution in [0.1, 0.15) is 32.6 Å². The topological polar surface area (TPSA) is 12.0 Å². The van der Waals surface area contributed by atoms with E-state index in [1.807, 2.05) is 6.92 Å². The summed E-state index contributed by atoms with van der Waals surface area (Å²) in [6, 6.07) is 0.889. The molecule has 0 radical (unpaired) electrons. The molecule has 3 rings (SSSR count). The van der Waals surface area contributed by atoms with Gasteiger partial charge in [-0.2, -0.15) is 0 Å². The summed E-state index contributed by atoms with van der Waals surface area (Å²) < 4.78 is 0. The van der Waals surface area contributed by atoms with Crippen LogP contribution in [-0.4, -0.2) is 12.6 Å². The van der Waals surface area contributed by atoms with Gasteiger partial charge in [-0.15, -0.1) is 11.8 Å². The molecule has 0 spiro atoms. The molecule has 0 aromatic rings. The summed E-state index contributed by atoms with van der Waals surface area (Å²) in [7, 11) is 0. The highest BCUT2D eigenvalue weighted by molar-refractivity contribution is 5.16. The SMILES string of the molecule is CC#CCCNC1C2C3CCC(C3)C12. The van der Waals surface area contributed by atoms with E-state index in [9.17, 15) is 0 Å². The molecular weight excluding hydrogens is 170 g/mol. The fraction of sp³-hybridized carbons (Fsp3) is 0.846. The average Bonchev–Trinajstić information content (AvgIpc) is 2.60. The predicted molar refractivity (Wildman–Crippen MR) is 57.7 cm³/mol. The van der Waals surface area contributed by atoms with Gasteiger partial charge in [0.15, 0.2) is 0 Å². The quantitative estimate of drug-likeness (QED) is 0.529. The minimum Gasteiger partial charge on any atom is -0.312 e. The standard InChI is InChI=1S/C13H19N/c1-2-3-4-7-14-13-11-9-5-6-10(8-9)12(11)13/h9-14H,4-8H2,1H3. The highest BCUT2D eigenvalue weighted by atomic mass is 15.0. The third-order valence-corrected chi connectivity index (χ3v) is 4.54. The maximum Gasteiger partial charge on any atom is 0.0214 e. The summed E-state index contributed by atoms with van der Waals surface area (Å²) in [4.78, 5) is 0. The molecule has 3 saturated carbocycles. The molecule has 14 heavy (non-hydrogen) atoms. The summed E-state index contributed by atoms with van der Waals surface area (Å²) in [6.45, 7) is 3.03. The first-order valence-corrected chi connectivity index (χ1v) is 6.05. The zero-order valence-corrected chi connectivity index (χ0v) is 8.92. The molecule has 1 nitrogen and oxygen atoms in total. The van der Waals surface area contributed by atoms with Crippen LogP contribution >= 0.6 is 0 Å². The van der Waals surface area contributed by atoms with Crippen molar-refractivity contribution in [3.05, 3.63) is 0 Å². The Morgan fingerprint density at radius 2 is 1.93 bits per heavy atom. The van der Waals surface area contributed by atoms with Gasteiger partial charge in [-0.3, -0.25) is 0 Å². The van der Waals surface area contributed by atoms with Gasteiger partial charge in [0, 0.05) is 19.0 Å². The van der Waals surface area contributed by atoms with E-state index < -0.39 is 0 Å². The first kappa shape index (κ1) is 8.80. The summed E-state index contributed by atoms with van der Waals surface area (Å²) in [6.07, 6.45) is 5.64. The van der Waals surface area contributed by atoms with Gasteiger partial charge in [0.2, 0.25) is 0 Å². The molecule has 0 aliphatic heterocycles. The van der Waals surface area contributed by atoms with E-state index in [2.05, 4.69) is 17.2 Å². The normalized spacial score (nSPS) is 47.1. The molecule has 1 heteroatoms. The Labute approximate surface area is 86.7 Å². The van der Waals surface area contributed by atoms with Gasteiger partial charge in [0.1, 0.15) is 0 Å². The van der Waals surface area contributed by atoms with E-state index in [-0.39, 0.29) is 0 Å². The second-order valence-corrected chi connectivity index (χ2v) is 5.14. The Morgan fingerprint density at radius 3 is 2.57 bits per heavy atom. The summed E-state index contributed by atoms with van der Waals surface area (Å²) in [5, 5.41) is 3.69. The summed E-state index contributed by atoms with van der Waals surface area (Å²) in [5.41, 5.74) is 0. The molecule has 0 heterocycles. The van der Waals surface area contributed by atoms with E-state index in [0.717, 1.165) is 42.7 Å². The van der Waals surface area contributed by atoms with Gasteiger partial charge in [0.05, 0.1) is 0 Å². The van der Waals surface area contributed by atoms with E-state index in [1.165, 1.54) is 12.8 Å². The van der Waals surface area contributed by atoms with Crippen LogP contribution in [0.25, 0.3) is 0 Å². The minimum atomic E-state index is 0.889. The summed E-state index contributed by atoms with van der Waals surface area (Å²) in [5.74, 6) is 10.4. The van der Waals surface area contributed by atoms with Crippen molar-refractivity contribution >= 4 is 0 Å². The van der Waals surface area contributed by atoms with E-state index in [4.69, 9.17) is 0 Å². The maximum atomic E-state index is 3.69. The van der Waals surface area contributed by atoms with Crippen LogP contribution < -0.4 is 5.32 Å². The molecule has 0 amide bonds. The Balaban J connectivity index is 1.47. The largest absolute Gasteiger partial charge is 0.312 e. The molecule has 4 atom stereocenters. The van der Waals surface area contributed by atoms with Crippen LogP contribution in [0.3, 0.4) is 0 Å². The van der Waals surface area contributed by atoms with Gasteiger partial charge in [-0.25, -0.2) is 0 Å². The van der Waals surface area contributed by atoms with Crippen LogP contribution in [-0.2, 0) is 0 Å². The lowest BCUT2D eigenvalue weighted by atomic mass is 10.0. The molecule has 1 N–H and O–H groups in total. The van der Waals surface area contributed by atoms with Crippen molar-refractivity contribution in [1.82, 2.24) is 5.32 Å². The van der Waals surface area contributed by atoms with Crippen molar-refractivity contribution in [1.29, 1.82) is 0 Å². The van der Waals surface area contributed by atoms with Crippen LogP contribution in [0.15, 0.2) is 0 Å². The molecule has 76 valence electrons. The van der Waals surface area contributed by atoms with Gasteiger partial charge in [-0.1, -0.05) is 0 Å². The summed E-state index contributed by atoms with van der Waals surface area (Å²) >= 11 is 0. The molecule has 4 unspecified atom stereocenters. The molecule has 0 saturated heterocycles. The predicted octanol–water partition coefficient (Wildman–Crippen LogP) is 2.03. The van der Waals surface area contributed by atoms with Crippen molar-refractivity contribution in [3.63, 3.8) is 0 Å². The van der Waals surface area contributed by atoms with Crippen LogP contribution in [0, 0.1) is 35.5 Å². The molecular formula is C13H19N. The number of rotatable bonds is 3. The van der Waals surface area contributed by atoms with Gasteiger partial charge < -0.3 is 5.32 Å². The Kier molecular flexibility index (Phi) is 2.06. The van der Waals surface area contributed by atoms with Crippen molar-refractivity contribution in [2.75, 3.05) is 6.54 Å². The van der Waals surface area contributed by atoms with Gasteiger partial charge in [-0.05, 0) is 49.9 Å². The Morgan fingerprint density at radius 1 is 1.21 bits per heavy atom. The third kappa shape index (κ3) is 1.21. The fourth-order valence-electron chi connectivity index (χ4n) is 4.02. The van der Waals surface area contributed by atoms with E-state index >= 15 is 0 Å². The van der Waals surface area contributed by atoms with Crippen LogP contribution in [0.5, 0.6) is 0 Å². The second-order valence-electron chi connectivity index (χ2n) is 5.14. The number of hydrogen-bond acceptors (Lipinski definition) is 1. The van der Waals surface area contributed by atoms with Gasteiger partial charge in [0.25, 0.3) is 0 Å². The Hall–Kier alpha value is -0.480. The molecule has 3 aliphatic rings. The molecule has 3 fully saturated rings. The van der Waals surface area contributed by atoms with Crippen molar-refractivity contribution in [2.24, 2.45) is 23.7 Å². The van der Waals surface area contributed by atoms with Crippen molar-refractivity contribution in [2.45, 2.75) is 38.6 Å². The zero-order valence-electron chi connectivity index (χ0n) is 8.92. The fourth-order valence-corrected chi connectivity index (χ4v) is 4.02. The molecule has 3 aliphatic carbocycles. The average molecular weight is 189 g/mol. The lowest BCUT2D eigenvalue weighted by Crippen LogP contribution is -2.23. The van der Waals surface area contributed by atoms with Crippen LogP contribution in [0.4, 0.5) is 0 Å². The zero-order chi connectivity index (χ0) is 9.54. The minimum absolute atomic E-state index is 0.889. The molecule has 0 aromatic heterocycles. The molecule has 2 bridgehead atoms. The lowest BCUT2D eigenvalue weighted by molar-refractivity contribution is 0.456. The van der Waals surface area contributed by atoms with Crippen molar-refractivity contribution in [3.8, 4) is 11.8 Å². The van der Waals surface area contributed by atoms with Gasteiger partial charge >= 0.3 is 0 Å². The van der Waals surface area contributed by atoms with Crippen molar-refractivity contribution < 1.29 is 0 Å². The highest BCUT2D eigenvalue weighted by Crippen LogP contribution is 2.65. The molecule has 0 aromatic carbocycles. The lowest BCUT2D eigenvalue weighted by Gasteiger charge is -2.08. The maximum absolute atomic E-state index is 3.69. The van der Waals surface area contributed by atoms with Crippen LogP contribution in [0.2, 0.25) is 0 Å². The van der Waals surface area contributed by atoms with E-state index in [0.29, 0.717) is 0 Å². The monoisotopic (exact) mass is 189 g/mol. The first-order valence-electron chi connectivity index (χ1n) is 6.05. The highest BCUT2D eigenvalue weighted by Gasteiger charge is 2.64. The number of nitrogens with one attached hydrogen (secondary N) is 1. The Bertz CT molecular complexity index is 269. The third-order valence-electron chi connectivity index (χ3n) is 4.54. The smallest absolute Gasteiger partial charge is 0.0214 e. The first-order chi connectivity index (χ1) is 6.92. The number of fused-ring (bicyclic) bond motifs is 5. The second kappa shape index (κ2) is 3.28. The van der Waals surface area contributed by atoms with E-state index in [1.54, 1.807) is 6.42 Å².